The van der Waals surface area contributed by atoms with Crippen LogP contribution in [0.3, 0.4) is 0 Å². The molecule has 2 aromatic rings. The Morgan fingerprint density at radius 3 is 2.47 bits per heavy atom. The summed E-state index contributed by atoms with van der Waals surface area (Å²) in [4.78, 5) is 2.25. The van der Waals surface area contributed by atoms with Crippen molar-refractivity contribution in [3.8, 4) is 18.2 Å². The van der Waals surface area contributed by atoms with E-state index in [0.717, 1.165) is 12.1 Å². The summed E-state index contributed by atoms with van der Waals surface area (Å²) in [5.41, 5.74) is 6.90. The monoisotopic (exact) mass is 395 g/mol. The van der Waals surface area contributed by atoms with Gasteiger partial charge in [0.25, 0.3) is 0 Å². The molecule has 2 heterocycles. The maximum absolute atomic E-state index is 10.1. The van der Waals surface area contributed by atoms with Gasteiger partial charge in [0.1, 0.15) is 17.6 Å². The largest absolute Gasteiger partial charge is 0.466 e. The van der Waals surface area contributed by atoms with Crippen LogP contribution >= 0.6 is 0 Å². The van der Waals surface area contributed by atoms with Crippen molar-refractivity contribution in [2.24, 2.45) is 17.1 Å². The van der Waals surface area contributed by atoms with Crippen LogP contribution in [0.1, 0.15) is 23.0 Å². The molecule has 0 saturated carbocycles. The zero-order valence-electron chi connectivity index (χ0n) is 16.7. The SMILES string of the molecule is Cc1ccc([C@@H]2[C@H]3CN(Cc4ccccc4)CC=C3C(C#N)=C(N)C2(C#N)C#N)o1. The van der Waals surface area contributed by atoms with Crippen LogP contribution in [-0.4, -0.2) is 18.0 Å². The number of nitrogens with zero attached hydrogens (tertiary/aromatic N) is 4. The Kier molecular flexibility index (Phi) is 4.92. The Morgan fingerprint density at radius 2 is 1.87 bits per heavy atom. The van der Waals surface area contributed by atoms with Gasteiger partial charge in [-0.2, -0.15) is 15.8 Å². The van der Waals surface area contributed by atoms with Gasteiger partial charge < -0.3 is 10.2 Å². The number of rotatable bonds is 3. The van der Waals surface area contributed by atoms with Crippen molar-refractivity contribution in [2.75, 3.05) is 13.1 Å². The van der Waals surface area contributed by atoms with Gasteiger partial charge in [0.15, 0.2) is 5.41 Å². The molecular weight excluding hydrogens is 374 g/mol. The summed E-state index contributed by atoms with van der Waals surface area (Å²) in [6.45, 7) is 3.81. The predicted molar refractivity (Wildman–Crippen MR) is 110 cm³/mol. The summed E-state index contributed by atoms with van der Waals surface area (Å²) in [5.74, 6) is 0.399. The number of aryl methyl sites for hydroxylation is 1. The third kappa shape index (κ3) is 2.98. The molecule has 0 unspecified atom stereocenters. The van der Waals surface area contributed by atoms with Gasteiger partial charge in [-0.15, -0.1) is 0 Å². The molecule has 1 aliphatic heterocycles. The zero-order chi connectivity index (χ0) is 21.3. The first-order valence-electron chi connectivity index (χ1n) is 9.80. The van der Waals surface area contributed by atoms with Crippen LogP contribution in [0.5, 0.6) is 0 Å². The predicted octanol–water partition coefficient (Wildman–Crippen LogP) is 3.51. The van der Waals surface area contributed by atoms with E-state index in [-0.39, 0.29) is 17.2 Å². The fourth-order valence-corrected chi connectivity index (χ4v) is 4.64. The van der Waals surface area contributed by atoms with Crippen molar-refractivity contribution < 1.29 is 4.42 Å². The lowest BCUT2D eigenvalue weighted by Gasteiger charge is -2.44. The van der Waals surface area contributed by atoms with Gasteiger partial charge in [-0.05, 0) is 30.2 Å². The number of hydrogen-bond acceptors (Lipinski definition) is 6. The van der Waals surface area contributed by atoms with Crippen LogP contribution < -0.4 is 5.73 Å². The maximum atomic E-state index is 10.1. The van der Waals surface area contributed by atoms with Crippen molar-refractivity contribution in [1.29, 1.82) is 15.8 Å². The molecule has 0 fully saturated rings. The molecule has 6 heteroatoms. The van der Waals surface area contributed by atoms with Crippen LogP contribution in [0.4, 0.5) is 0 Å². The minimum atomic E-state index is -1.66. The molecule has 1 aromatic carbocycles. The van der Waals surface area contributed by atoms with E-state index in [1.54, 1.807) is 0 Å². The molecule has 1 aliphatic carbocycles. The Morgan fingerprint density at radius 1 is 1.13 bits per heavy atom. The molecule has 6 nitrogen and oxygen atoms in total. The van der Waals surface area contributed by atoms with Crippen molar-refractivity contribution in [2.45, 2.75) is 19.4 Å². The summed E-state index contributed by atoms with van der Waals surface area (Å²) in [5, 5.41) is 30.0. The molecule has 2 atom stereocenters. The highest BCUT2D eigenvalue weighted by Crippen LogP contribution is 2.54. The van der Waals surface area contributed by atoms with E-state index in [1.165, 1.54) is 5.56 Å². The summed E-state index contributed by atoms with van der Waals surface area (Å²) in [6.07, 6.45) is 2.00. The van der Waals surface area contributed by atoms with Gasteiger partial charge >= 0.3 is 0 Å². The number of benzene rings is 1. The molecule has 2 N–H and O–H groups in total. The minimum Gasteiger partial charge on any atom is -0.466 e. The first-order valence-corrected chi connectivity index (χ1v) is 9.80. The second kappa shape index (κ2) is 7.56. The smallest absolute Gasteiger partial charge is 0.194 e. The molecule has 30 heavy (non-hydrogen) atoms. The van der Waals surface area contributed by atoms with Crippen LogP contribution in [0, 0.1) is 52.2 Å². The Labute approximate surface area is 175 Å². The molecule has 0 bridgehead atoms. The quantitative estimate of drug-likeness (QED) is 0.850. The van der Waals surface area contributed by atoms with Crippen molar-refractivity contribution >= 4 is 0 Å². The standard InChI is InChI=1S/C24H21N5O/c1-16-7-8-21(30-16)22-20-13-29(12-17-5-3-2-4-6-17)10-9-18(20)19(11-25)23(28)24(22,14-26)15-27/h2-9,20,22H,10,12-13,28H2,1H3/t20-,22-/m0/s1. The molecule has 148 valence electrons. The Hall–Kier alpha value is -3.79. The first kappa shape index (κ1) is 19.5. The molecule has 1 aromatic heterocycles. The third-order valence-electron chi connectivity index (χ3n) is 6.06. The summed E-state index contributed by atoms with van der Waals surface area (Å²) in [6, 6.07) is 20.2. The minimum absolute atomic E-state index is 0.0214. The Balaban J connectivity index is 1.83. The van der Waals surface area contributed by atoms with Crippen LogP contribution in [0.2, 0.25) is 0 Å². The molecule has 4 rings (SSSR count). The van der Waals surface area contributed by atoms with E-state index in [4.69, 9.17) is 10.2 Å². The first-order chi connectivity index (χ1) is 14.5. The maximum Gasteiger partial charge on any atom is 0.194 e. The van der Waals surface area contributed by atoms with Gasteiger partial charge in [0.05, 0.1) is 29.3 Å². The van der Waals surface area contributed by atoms with Gasteiger partial charge in [-0.3, -0.25) is 4.90 Å². The Bertz CT molecular complexity index is 1140. The van der Waals surface area contributed by atoms with Crippen LogP contribution in [-0.2, 0) is 6.54 Å². The van der Waals surface area contributed by atoms with Crippen LogP contribution in [0.15, 0.2) is 69.8 Å². The van der Waals surface area contributed by atoms with Crippen molar-refractivity contribution in [1.82, 2.24) is 4.90 Å². The zero-order valence-corrected chi connectivity index (χ0v) is 16.7. The number of fused-ring (bicyclic) bond motifs is 1. The highest BCUT2D eigenvalue weighted by molar-refractivity contribution is 5.58. The molecule has 0 amide bonds. The average molecular weight is 395 g/mol. The second-order valence-corrected chi connectivity index (χ2v) is 7.80. The molecule has 0 radical (unpaired) electrons. The number of allylic oxidation sites excluding steroid dienone is 2. The molecule has 0 saturated heterocycles. The lowest BCUT2D eigenvalue weighted by atomic mass is 9.59. The van der Waals surface area contributed by atoms with Gasteiger partial charge in [-0.25, -0.2) is 0 Å². The van der Waals surface area contributed by atoms with Crippen molar-refractivity contribution in [3.05, 3.63) is 82.5 Å². The van der Waals surface area contributed by atoms with E-state index < -0.39 is 11.3 Å². The van der Waals surface area contributed by atoms with Crippen LogP contribution in [0.25, 0.3) is 0 Å². The van der Waals surface area contributed by atoms with Gasteiger partial charge in [0.2, 0.25) is 0 Å². The molecule has 2 aliphatic rings. The average Bonchev–Trinajstić information content (AvgIpc) is 3.19. The van der Waals surface area contributed by atoms with E-state index in [1.807, 2.05) is 43.3 Å². The molecule has 0 spiro atoms. The van der Waals surface area contributed by atoms with Gasteiger partial charge in [0, 0.05) is 25.6 Å². The van der Waals surface area contributed by atoms with Gasteiger partial charge in [-0.1, -0.05) is 36.4 Å². The van der Waals surface area contributed by atoms with Crippen molar-refractivity contribution in [3.63, 3.8) is 0 Å². The number of nitriles is 3. The number of furan rings is 1. The summed E-state index contributed by atoms with van der Waals surface area (Å²) >= 11 is 0. The van der Waals surface area contributed by atoms with E-state index in [2.05, 4.69) is 35.2 Å². The summed E-state index contributed by atoms with van der Waals surface area (Å²) in [7, 11) is 0. The third-order valence-corrected chi connectivity index (χ3v) is 6.06. The normalized spacial score (nSPS) is 22.9. The summed E-state index contributed by atoms with van der Waals surface area (Å²) < 4.78 is 5.89. The lowest BCUT2D eigenvalue weighted by Crippen LogP contribution is -2.47. The fourth-order valence-electron chi connectivity index (χ4n) is 4.64. The highest BCUT2D eigenvalue weighted by Gasteiger charge is 2.55. The lowest BCUT2D eigenvalue weighted by molar-refractivity contribution is 0.187. The van der Waals surface area contributed by atoms with E-state index >= 15 is 0 Å². The topological polar surface area (TPSA) is 114 Å². The number of nitrogens with two attached hydrogens (primary N) is 1. The highest BCUT2D eigenvalue weighted by atomic mass is 16.3. The number of hydrogen-bond donors (Lipinski definition) is 1. The molecular formula is C24H21N5O. The fraction of sp³-hybridized carbons (Fsp3) is 0.292. The van der Waals surface area contributed by atoms with E-state index in [9.17, 15) is 15.8 Å². The second-order valence-electron chi connectivity index (χ2n) is 7.80. The van der Waals surface area contributed by atoms with E-state index in [0.29, 0.717) is 24.6 Å².